The van der Waals surface area contributed by atoms with Crippen LogP contribution in [0.1, 0.15) is 29.7 Å². The molecule has 0 aliphatic carbocycles. The van der Waals surface area contributed by atoms with Gasteiger partial charge in [-0.3, -0.25) is 9.69 Å². The number of rotatable bonds is 4. The number of carbonyl (C=O) groups is 2. The van der Waals surface area contributed by atoms with Crippen LogP contribution in [0.2, 0.25) is 5.15 Å². The van der Waals surface area contributed by atoms with Crippen molar-refractivity contribution in [3.8, 4) is 0 Å². The summed E-state index contributed by atoms with van der Waals surface area (Å²) < 4.78 is 32.5. The van der Waals surface area contributed by atoms with Gasteiger partial charge in [0.15, 0.2) is 0 Å². The van der Waals surface area contributed by atoms with Gasteiger partial charge in [0, 0.05) is 62.9 Å². The fourth-order valence-corrected chi connectivity index (χ4v) is 5.32. The number of ketones is 1. The number of pyridine rings is 1. The molecule has 2 fully saturated rings. The van der Waals surface area contributed by atoms with Gasteiger partial charge in [-0.05, 0) is 11.6 Å². The van der Waals surface area contributed by atoms with Crippen molar-refractivity contribution in [2.75, 3.05) is 37.6 Å². The van der Waals surface area contributed by atoms with E-state index in [1.807, 2.05) is 35.2 Å². The molecule has 0 N–H and O–H groups in total. The van der Waals surface area contributed by atoms with E-state index in [4.69, 9.17) is 16.3 Å². The van der Waals surface area contributed by atoms with Crippen LogP contribution in [0, 0.1) is 0 Å². The maximum Gasteiger partial charge on any atom is 0.410 e. The van der Waals surface area contributed by atoms with Crippen LogP contribution < -0.4 is 4.90 Å². The second-order valence-electron chi connectivity index (χ2n) is 8.90. The van der Waals surface area contributed by atoms with Crippen LogP contribution in [0.5, 0.6) is 0 Å². The van der Waals surface area contributed by atoms with Crippen molar-refractivity contribution >= 4 is 29.2 Å². The average Bonchev–Trinajstić information content (AvgIpc) is 2.92. The number of Topliss-reactive ketones (excluding diaryl/α,β-unsaturated/α-hetero) is 1. The number of hydrogen-bond acceptors (Lipinski definition) is 6. The van der Waals surface area contributed by atoms with E-state index in [2.05, 4.69) is 9.88 Å². The zero-order valence-electron chi connectivity index (χ0n) is 18.5. The number of carbonyl (C=O) groups excluding carboxylic acids is 2. The zero-order valence-corrected chi connectivity index (χ0v) is 19.3. The largest absolute Gasteiger partial charge is 0.445 e. The average molecular weight is 491 g/mol. The van der Waals surface area contributed by atoms with Crippen LogP contribution in [0.4, 0.5) is 19.3 Å². The Bertz CT molecular complexity index is 1080. The molecule has 2 saturated heterocycles. The fraction of sp³-hybridized carbons (Fsp3) is 0.458. The standard InChI is InChI=1S/C24H25ClF2N4O3/c25-21-12-18-17(22(28-21)23(26)27)10-16(32)11-19-20(13-31(18)19)29-6-8-30(9-7-29)24(33)34-14-15-4-2-1-3-5-15/h1-5,12,19-20,23H,6-11,13-14H2/t19-,20+/m0/s1. The summed E-state index contributed by atoms with van der Waals surface area (Å²) in [4.78, 5) is 34.9. The Kier molecular flexibility index (Phi) is 6.40. The number of amides is 1. The Morgan fingerprint density at radius 3 is 2.59 bits per heavy atom. The first-order valence-electron chi connectivity index (χ1n) is 11.4. The Morgan fingerprint density at radius 2 is 1.88 bits per heavy atom. The van der Waals surface area contributed by atoms with Crippen molar-refractivity contribution in [2.45, 2.75) is 38.0 Å². The molecule has 34 heavy (non-hydrogen) atoms. The molecule has 0 spiro atoms. The number of nitrogens with zero attached hydrogens (tertiary/aromatic N) is 4. The van der Waals surface area contributed by atoms with Crippen molar-refractivity contribution < 1.29 is 23.1 Å². The molecule has 0 radical (unpaired) electrons. The maximum absolute atomic E-state index is 13.6. The van der Waals surface area contributed by atoms with E-state index >= 15 is 0 Å². The van der Waals surface area contributed by atoms with Crippen LogP contribution >= 0.6 is 11.6 Å². The van der Waals surface area contributed by atoms with E-state index in [1.165, 1.54) is 0 Å². The molecule has 5 rings (SSSR count). The van der Waals surface area contributed by atoms with Crippen LogP contribution in [0.25, 0.3) is 0 Å². The highest BCUT2D eigenvalue weighted by Gasteiger charge is 2.47. The molecule has 4 heterocycles. The van der Waals surface area contributed by atoms with Gasteiger partial charge in [-0.2, -0.15) is 0 Å². The van der Waals surface area contributed by atoms with Crippen molar-refractivity contribution in [3.63, 3.8) is 0 Å². The molecule has 0 bridgehead atoms. The van der Waals surface area contributed by atoms with Crippen molar-refractivity contribution in [1.82, 2.24) is 14.8 Å². The third kappa shape index (κ3) is 4.46. The highest BCUT2D eigenvalue weighted by molar-refractivity contribution is 6.29. The first kappa shape index (κ1) is 23.0. The number of ether oxygens (including phenoxy) is 1. The topological polar surface area (TPSA) is 66.0 Å². The molecule has 3 aliphatic heterocycles. The molecular formula is C24H25ClF2N4O3. The van der Waals surface area contributed by atoms with E-state index in [-0.39, 0.29) is 47.7 Å². The Balaban J connectivity index is 1.21. The summed E-state index contributed by atoms with van der Waals surface area (Å²) in [7, 11) is 0. The minimum atomic E-state index is -2.79. The molecule has 7 nitrogen and oxygen atoms in total. The second kappa shape index (κ2) is 9.46. The van der Waals surface area contributed by atoms with E-state index < -0.39 is 12.1 Å². The number of fused-ring (bicyclic) bond motifs is 3. The highest BCUT2D eigenvalue weighted by atomic mass is 35.5. The maximum atomic E-state index is 13.6. The zero-order chi connectivity index (χ0) is 23.8. The Hall–Kier alpha value is -2.78. The van der Waals surface area contributed by atoms with Crippen LogP contribution in [0.15, 0.2) is 36.4 Å². The number of benzene rings is 1. The van der Waals surface area contributed by atoms with Crippen LogP contribution in [-0.2, 0) is 22.6 Å². The molecule has 0 saturated carbocycles. The lowest BCUT2D eigenvalue weighted by Gasteiger charge is -2.54. The third-order valence-electron chi connectivity index (χ3n) is 6.90. The Labute approximate surface area is 201 Å². The normalized spacial score (nSPS) is 22.6. The number of alkyl halides is 2. The summed E-state index contributed by atoms with van der Waals surface area (Å²) in [6.07, 6.45) is -2.89. The van der Waals surface area contributed by atoms with E-state index in [0.29, 0.717) is 44.8 Å². The minimum Gasteiger partial charge on any atom is -0.445 e. The van der Waals surface area contributed by atoms with Crippen LogP contribution in [0.3, 0.4) is 0 Å². The van der Waals surface area contributed by atoms with Gasteiger partial charge in [0.05, 0.1) is 6.04 Å². The van der Waals surface area contributed by atoms with Gasteiger partial charge < -0.3 is 14.5 Å². The van der Waals surface area contributed by atoms with E-state index in [1.54, 1.807) is 11.0 Å². The van der Waals surface area contributed by atoms with Crippen LogP contribution in [-0.4, -0.2) is 71.5 Å². The number of hydrogen-bond donors (Lipinski definition) is 0. The molecule has 10 heteroatoms. The number of halogens is 3. The quantitative estimate of drug-likeness (QED) is 0.609. The molecule has 2 aromatic rings. The molecule has 1 aromatic carbocycles. The van der Waals surface area contributed by atoms with Crippen molar-refractivity contribution in [1.29, 1.82) is 0 Å². The van der Waals surface area contributed by atoms with Crippen molar-refractivity contribution in [2.24, 2.45) is 0 Å². The SMILES string of the molecule is O=C1Cc2c(cc(Cl)nc2C(F)F)N2C[C@@H](N3CCN(C(=O)OCc4ccccc4)CC3)[C@@H]2C1. The lowest BCUT2D eigenvalue weighted by atomic mass is 9.90. The van der Waals surface area contributed by atoms with Crippen molar-refractivity contribution in [3.05, 3.63) is 58.4 Å². The predicted octanol–water partition coefficient (Wildman–Crippen LogP) is 3.70. The summed E-state index contributed by atoms with van der Waals surface area (Å²) in [5.74, 6) is -0.0763. The molecular weight excluding hydrogens is 466 g/mol. The molecule has 0 unspecified atom stereocenters. The van der Waals surface area contributed by atoms with E-state index in [0.717, 1.165) is 5.56 Å². The predicted molar refractivity (Wildman–Crippen MR) is 122 cm³/mol. The lowest BCUT2D eigenvalue weighted by Crippen LogP contribution is -2.69. The summed E-state index contributed by atoms with van der Waals surface area (Å²) in [6, 6.07) is 11.1. The van der Waals surface area contributed by atoms with Gasteiger partial charge in [0.2, 0.25) is 0 Å². The van der Waals surface area contributed by atoms with Gasteiger partial charge in [-0.15, -0.1) is 0 Å². The number of piperazine rings is 1. The minimum absolute atomic E-state index is 0.00762. The van der Waals surface area contributed by atoms with Gasteiger partial charge in [0.25, 0.3) is 6.43 Å². The molecule has 1 amide bonds. The van der Waals surface area contributed by atoms with E-state index in [9.17, 15) is 18.4 Å². The molecule has 1 aromatic heterocycles. The summed E-state index contributed by atoms with van der Waals surface area (Å²) in [5, 5.41) is 0.00762. The summed E-state index contributed by atoms with van der Waals surface area (Å²) in [6.45, 7) is 3.25. The highest BCUT2D eigenvalue weighted by Crippen LogP contribution is 2.41. The molecule has 2 atom stereocenters. The van der Waals surface area contributed by atoms with Gasteiger partial charge in [-0.25, -0.2) is 18.6 Å². The first-order valence-corrected chi connectivity index (χ1v) is 11.7. The fourth-order valence-electron chi connectivity index (χ4n) is 5.12. The number of anilines is 1. The second-order valence-corrected chi connectivity index (χ2v) is 9.29. The lowest BCUT2D eigenvalue weighted by molar-refractivity contribution is -0.119. The Morgan fingerprint density at radius 1 is 1.15 bits per heavy atom. The summed E-state index contributed by atoms with van der Waals surface area (Å²) >= 11 is 6.03. The number of aromatic nitrogens is 1. The monoisotopic (exact) mass is 490 g/mol. The first-order chi connectivity index (χ1) is 16.4. The molecule has 3 aliphatic rings. The van der Waals surface area contributed by atoms with Gasteiger partial charge >= 0.3 is 6.09 Å². The smallest absolute Gasteiger partial charge is 0.410 e. The summed E-state index contributed by atoms with van der Waals surface area (Å²) in [5.41, 5.74) is 1.41. The van der Waals surface area contributed by atoms with Gasteiger partial charge in [0.1, 0.15) is 23.2 Å². The third-order valence-corrected chi connectivity index (χ3v) is 7.10. The van der Waals surface area contributed by atoms with Gasteiger partial charge in [-0.1, -0.05) is 41.9 Å². The molecule has 180 valence electrons.